The molecule has 0 aliphatic carbocycles. The second kappa shape index (κ2) is 7.64. The van der Waals surface area contributed by atoms with Crippen molar-refractivity contribution in [3.05, 3.63) is 63.6 Å². The molecule has 0 unspecified atom stereocenters. The molecule has 1 N–H and O–H groups in total. The molecule has 0 saturated carbocycles. The number of rotatable bonds is 5. The van der Waals surface area contributed by atoms with Gasteiger partial charge in [0.2, 0.25) is 0 Å². The Kier molecular flexibility index (Phi) is 5.83. The van der Waals surface area contributed by atoms with Crippen LogP contribution in [0.5, 0.6) is 5.75 Å². The smallest absolute Gasteiger partial charge is 0.261 e. The van der Waals surface area contributed by atoms with Crippen molar-refractivity contribution in [2.75, 3.05) is 0 Å². The summed E-state index contributed by atoms with van der Waals surface area (Å²) in [6.07, 6.45) is -0.552. The van der Waals surface area contributed by atoms with Crippen LogP contribution in [0.25, 0.3) is 0 Å². The summed E-state index contributed by atoms with van der Waals surface area (Å²) in [4.78, 5) is 12.3. The molecule has 1 amide bonds. The molecule has 2 aromatic carbocycles. The molecule has 23 heavy (non-hydrogen) atoms. The minimum atomic E-state index is -0.552. The van der Waals surface area contributed by atoms with Gasteiger partial charge in [0.15, 0.2) is 6.10 Å². The quantitative estimate of drug-likeness (QED) is 0.821. The predicted molar refractivity (Wildman–Crippen MR) is 96.7 cm³/mol. The highest BCUT2D eigenvalue weighted by Crippen LogP contribution is 2.20. The van der Waals surface area contributed by atoms with E-state index in [0.717, 1.165) is 10.0 Å². The molecular weight excluding hydrogens is 354 g/mol. The molecule has 0 bridgehead atoms. The van der Waals surface area contributed by atoms with Gasteiger partial charge in [0.05, 0.1) is 6.04 Å². The Morgan fingerprint density at radius 2 is 1.74 bits per heavy atom. The molecule has 0 aliphatic heterocycles. The molecule has 0 fully saturated rings. The van der Waals surface area contributed by atoms with Crippen LogP contribution in [0.4, 0.5) is 0 Å². The minimum Gasteiger partial charge on any atom is -0.481 e. The van der Waals surface area contributed by atoms with Gasteiger partial charge in [-0.1, -0.05) is 39.7 Å². The van der Waals surface area contributed by atoms with Gasteiger partial charge in [-0.25, -0.2) is 0 Å². The van der Waals surface area contributed by atoms with Crippen molar-refractivity contribution < 1.29 is 9.53 Å². The van der Waals surface area contributed by atoms with E-state index in [-0.39, 0.29) is 11.9 Å². The minimum absolute atomic E-state index is 0.0564. The zero-order chi connectivity index (χ0) is 17.0. The topological polar surface area (TPSA) is 38.3 Å². The maximum Gasteiger partial charge on any atom is 0.261 e. The summed E-state index contributed by atoms with van der Waals surface area (Å²) in [6, 6.07) is 13.6. The van der Waals surface area contributed by atoms with Gasteiger partial charge in [-0.2, -0.15) is 0 Å². The number of carbonyl (C=O) groups excluding carboxylic acids is 1. The number of aryl methyl sites for hydroxylation is 2. The van der Waals surface area contributed by atoms with Gasteiger partial charge in [-0.05, 0) is 63.1 Å². The number of benzene rings is 2. The van der Waals surface area contributed by atoms with Gasteiger partial charge < -0.3 is 10.1 Å². The normalized spacial score (nSPS) is 13.3. The average Bonchev–Trinajstić information content (AvgIpc) is 2.49. The number of hydrogen-bond acceptors (Lipinski definition) is 2. The number of amides is 1. The number of hydrogen-bond donors (Lipinski definition) is 1. The average molecular weight is 376 g/mol. The van der Waals surface area contributed by atoms with E-state index < -0.39 is 6.10 Å². The second-order valence-corrected chi connectivity index (χ2v) is 6.72. The first-order valence-corrected chi connectivity index (χ1v) is 8.46. The second-order valence-electron chi connectivity index (χ2n) is 5.80. The molecule has 3 nitrogen and oxygen atoms in total. The van der Waals surface area contributed by atoms with Crippen molar-refractivity contribution in [3.8, 4) is 5.75 Å². The lowest BCUT2D eigenvalue weighted by Crippen LogP contribution is -2.37. The number of ether oxygens (including phenoxy) is 1. The highest BCUT2D eigenvalue weighted by Gasteiger charge is 2.18. The molecule has 0 heterocycles. The summed E-state index contributed by atoms with van der Waals surface area (Å²) in [5.41, 5.74) is 3.52. The molecule has 122 valence electrons. The molecule has 0 aliphatic rings. The molecular formula is C19H22BrNO2. The fraction of sp³-hybridized carbons (Fsp3) is 0.316. The van der Waals surface area contributed by atoms with Gasteiger partial charge in [0.1, 0.15) is 5.75 Å². The van der Waals surface area contributed by atoms with E-state index >= 15 is 0 Å². The van der Waals surface area contributed by atoms with Crippen LogP contribution < -0.4 is 10.1 Å². The molecule has 0 aromatic heterocycles. The maximum absolute atomic E-state index is 12.3. The Morgan fingerprint density at radius 1 is 1.09 bits per heavy atom. The lowest BCUT2D eigenvalue weighted by molar-refractivity contribution is -0.127. The van der Waals surface area contributed by atoms with Gasteiger partial charge in [0, 0.05) is 4.47 Å². The van der Waals surface area contributed by atoms with Crippen LogP contribution in [-0.4, -0.2) is 12.0 Å². The third-order valence-corrected chi connectivity index (χ3v) is 4.27. The molecule has 4 heteroatoms. The van der Waals surface area contributed by atoms with Gasteiger partial charge in [-0.15, -0.1) is 0 Å². The monoisotopic (exact) mass is 375 g/mol. The summed E-state index contributed by atoms with van der Waals surface area (Å²) >= 11 is 3.38. The number of halogens is 1. The largest absolute Gasteiger partial charge is 0.481 e. The van der Waals surface area contributed by atoms with Crippen molar-refractivity contribution in [1.82, 2.24) is 5.32 Å². The first-order chi connectivity index (χ1) is 10.9. The molecule has 0 spiro atoms. The van der Waals surface area contributed by atoms with Crippen LogP contribution in [-0.2, 0) is 4.79 Å². The fourth-order valence-corrected chi connectivity index (χ4v) is 2.76. The van der Waals surface area contributed by atoms with Crippen LogP contribution in [0.1, 0.15) is 36.6 Å². The van der Waals surface area contributed by atoms with Crippen molar-refractivity contribution >= 4 is 21.8 Å². The first-order valence-electron chi connectivity index (χ1n) is 7.66. The lowest BCUT2D eigenvalue weighted by Gasteiger charge is -2.20. The molecule has 0 saturated heterocycles. The Bertz CT molecular complexity index is 682. The molecule has 2 aromatic rings. The van der Waals surface area contributed by atoms with Crippen molar-refractivity contribution in [2.24, 2.45) is 0 Å². The maximum atomic E-state index is 12.3. The van der Waals surface area contributed by atoms with Crippen molar-refractivity contribution in [2.45, 2.75) is 39.8 Å². The third kappa shape index (κ3) is 4.83. The van der Waals surface area contributed by atoms with Crippen LogP contribution in [0.15, 0.2) is 46.9 Å². The summed E-state index contributed by atoms with van der Waals surface area (Å²) in [6.45, 7) is 7.87. The van der Waals surface area contributed by atoms with Gasteiger partial charge in [0.25, 0.3) is 5.91 Å². The Morgan fingerprint density at radius 3 is 2.35 bits per heavy atom. The Labute approximate surface area is 146 Å². The number of nitrogens with one attached hydrogen (secondary N) is 1. The van der Waals surface area contributed by atoms with Crippen molar-refractivity contribution in [1.29, 1.82) is 0 Å². The van der Waals surface area contributed by atoms with E-state index in [2.05, 4.69) is 53.3 Å². The van der Waals surface area contributed by atoms with E-state index in [0.29, 0.717) is 5.75 Å². The van der Waals surface area contributed by atoms with E-state index in [1.807, 2.05) is 31.2 Å². The Balaban J connectivity index is 1.98. The molecule has 0 radical (unpaired) electrons. The van der Waals surface area contributed by atoms with E-state index in [1.165, 1.54) is 11.1 Å². The Hall–Kier alpha value is -1.81. The lowest BCUT2D eigenvalue weighted by atomic mass is 10.0. The van der Waals surface area contributed by atoms with Crippen LogP contribution in [0.3, 0.4) is 0 Å². The van der Waals surface area contributed by atoms with Gasteiger partial charge >= 0.3 is 0 Å². The summed E-state index contributed by atoms with van der Waals surface area (Å²) in [7, 11) is 0. The highest BCUT2D eigenvalue weighted by molar-refractivity contribution is 9.10. The number of carbonyl (C=O) groups is 1. The summed E-state index contributed by atoms with van der Waals surface area (Å²) in [5, 5.41) is 3.01. The molecule has 2 atom stereocenters. The highest BCUT2D eigenvalue weighted by atomic mass is 79.9. The third-order valence-electron chi connectivity index (χ3n) is 3.75. The summed E-state index contributed by atoms with van der Waals surface area (Å²) < 4.78 is 6.66. The van der Waals surface area contributed by atoms with Crippen LogP contribution in [0, 0.1) is 13.8 Å². The predicted octanol–water partition coefficient (Wildman–Crippen LogP) is 4.71. The SMILES string of the molecule is Cc1ccc([C@H](C)NC(=O)[C@H](C)Oc2ccc(Br)cc2)c(C)c1. The first kappa shape index (κ1) is 17.5. The van der Waals surface area contributed by atoms with Crippen LogP contribution in [0.2, 0.25) is 0 Å². The van der Waals surface area contributed by atoms with E-state index in [9.17, 15) is 4.79 Å². The van der Waals surface area contributed by atoms with Crippen LogP contribution >= 0.6 is 15.9 Å². The zero-order valence-corrected chi connectivity index (χ0v) is 15.5. The standard InChI is InChI=1S/C19H22BrNO2/c1-12-5-10-18(13(2)11-12)14(3)21-19(22)15(4)23-17-8-6-16(20)7-9-17/h5-11,14-15H,1-4H3,(H,21,22)/t14-,15-/m0/s1. The fourth-order valence-electron chi connectivity index (χ4n) is 2.49. The van der Waals surface area contributed by atoms with Crippen molar-refractivity contribution in [3.63, 3.8) is 0 Å². The van der Waals surface area contributed by atoms with E-state index in [4.69, 9.17) is 4.74 Å². The summed E-state index contributed by atoms with van der Waals surface area (Å²) in [5.74, 6) is 0.551. The van der Waals surface area contributed by atoms with E-state index in [1.54, 1.807) is 6.92 Å². The zero-order valence-electron chi connectivity index (χ0n) is 13.9. The molecule has 2 rings (SSSR count). The van der Waals surface area contributed by atoms with Gasteiger partial charge in [-0.3, -0.25) is 4.79 Å².